The van der Waals surface area contributed by atoms with Gasteiger partial charge in [0.15, 0.2) is 0 Å². The SMILES string of the molecule is O=C(Cc1ccc2ccccc2c1)NCC1CN2CCCC2CO1. The molecule has 2 aromatic rings. The lowest BCUT2D eigenvalue weighted by Gasteiger charge is -2.35. The van der Waals surface area contributed by atoms with Crippen LogP contribution >= 0.6 is 0 Å². The summed E-state index contributed by atoms with van der Waals surface area (Å²) in [6, 6.07) is 15.0. The second kappa shape index (κ2) is 6.91. The van der Waals surface area contributed by atoms with Gasteiger partial charge in [-0.3, -0.25) is 9.69 Å². The molecule has 0 spiro atoms. The number of fused-ring (bicyclic) bond motifs is 2. The fraction of sp³-hybridized carbons (Fsp3) is 0.450. The summed E-state index contributed by atoms with van der Waals surface area (Å²) in [5.74, 6) is 0.0671. The molecule has 2 aliphatic rings. The lowest BCUT2D eigenvalue weighted by Crippen LogP contribution is -2.50. The minimum Gasteiger partial charge on any atom is -0.373 e. The summed E-state index contributed by atoms with van der Waals surface area (Å²) in [5, 5.41) is 5.42. The molecule has 4 nitrogen and oxygen atoms in total. The topological polar surface area (TPSA) is 41.6 Å². The van der Waals surface area contributed by atoms with Gasteiger partial charge in [-0.05, 0) is 35.7 Å². The van der Waals surface area contributed by atoms with Crippen LogP contribution in [0.3, 0.4) is 0 Å². The van der Waals surface area contributed by atoms with E-state index in [1.165, 1.54) is 30.2 Å². The molecule has 0 aliphatic carbocycles. The highest BCUT2D eigenvalue weighted by molar-refractivity contribution is 5.85. The van der Waals surface area contributed by atoms with Gasteiger partial charge in [0, 0.05) is 19.1 Å². The zero-order chi connectivity index (χ0) is 16.4. The molecule has 1 amide bonds. The fourth-order valence-electron chi connectivity index (χ4n) is 3.83. The molecule has 0 bridgehead atoms. The van der Waals surface area contributed by atoms with Crippen molar-refractivity contribution in [3.05, 3.63) is 48.0 Å². The smallest absolute Gasteiger partial charge is 0.224 e. The number of hydrogen-bond acceptors (Lipinski definition) is 3. The highest BCUT2D eigenvalue weighted by atomic mass is 16.5. The Labute approximate surface area is 142 Å². The van der Waals surface area contributed by atoms with Crippen molar-refractivity contribution in [2.24, 2.45) is 0 Å². The molecule has 4 rings (SSSR count). The molecule has 2 heterocycles. The van der Waals surface area contributed by atoms with Gasteiger partial charge in [0.05, 0.1) is 19.1 Å². The summed E-state index contributed by atoms with van der Waals surface area (Å²) >= 11 is 0. The normalized spacial score (nSPS) is 24.0. The molecule has 126 valence electrons. The van der Waals surface area contributed by atoms with E-state index in [0.29, 0.717) is 19.0 Å². The van der Waals surface area contributed by atoms with E-state index in [1.807, 2.05) is 18.2 Å². The predicted molar refractivity (Wildman–Crippen MR) is 95.0 cm³/mol. The maximum absolute atomic E-state index is 12.2. The van der Waals surface area contributed by atoms with E-state index in [0.717, 1.165) is 18.7 Å². The number of carbonyl (C=O) groups excluding carboxylic acids is 1. The van der Waals surface area contributed by atoms with E-state index < -0.39 is 0 Å². The first kappa shape index (κ1) is 15.6. The van der Waals surface area contributed by atoms with Gasteiger partial charge in [-0.2, -0.15) is 0 Å². The molecular formula is C20H24N2O2. The van der Waals surface area contributed by atoms with Crippen LogP contribution in [0.5, 0.6) is 0 Å². The van der Waals surface area contributed by atoms with Crippen LogP contribution < -0.4 is 5.32 Å². The van der Waals surface area contributed by atoms with Crippen molar-refractivity contribution in [2.75, 3.05) is 26.2 Å². The Bertz CT molecular complexity index is 730. The summed E-state index contributed by atoms with van der Waals surface area (Å²) in [6.45, 7) is 3.54. The van der Waals surface area contributed by atoms with Crippen LogP contribution in [-0.2, 0) is 16.0 Å². The molecule has 2 aliphatic heterocycles. The van der Waals surface area contributed by atoms with E-state index in [-0.39, 0.29) is 12.0 Å². The van der Waals surface area contributed by atoms with Gasteiger partial charge in [-0.15, -0.1) is 0 Å². The quantitative estimate of drug-likeness (QED) is 0.939. The van der Waals surface area contributed by atoms with E-state index in [1.54, 1.807) is 0 Å². The highest BCUT2D eigenvalue weighted by Crippen LogP contribution is 2.22. The molecular weight excluding hydrogens is 300 g/mol. The molecule has 0 aromatic heterocycles. The third kappa shape index (κ3) is 3.45. The predicted octanol–water partition coefficient (Wildman–Crippen LogP) is 2.36. The summed E-state index contributed by atoms with van der Waals surface area (Å²) in [7, 11) is 0. The number of carbonyl (C=O) groups is 1. The van der Waals surface area contributed by atoms with Gasteiger partial charge < -0.3 is 10.1 Å². The Morgan fingerprint density at radius 2 is 2.08 bits per heavy atom. The molecule has 0 saturated carbocycles. The molecule has 1 N–H and O–H groups in total. The van der Waals surface area contributed by atoms with E-state index in [2.05, 4.69) is 34.5 Å². The minimum atomic E-state index is 0.0671. The Hall–Kier alpha value is -1.91. The number of rotatable bonds is 4. The average Bonchev–Trinajstić information content (AvgIpc) is 3.07. The zero-order valence-electron chi connectivity index (χ0n) is 13.9. The maximum Gasteiger partial charge on any atom is 0.224 e. The van der Waals surface area contributed by atoms with Gasteiger partial charge >= 0.3 is 0 Å². The maximum atomic E-state index is 12.2. The van der Waals surface area contributed by atoms with Crippen LogP contribution in [0, 0.1) is 0 Å². The first-order valence-corrected chi connectivity index (χ1v) is 8.88. The Balaban J connectivity index is 1.29. The Kier molecular flexibility index (Phi) is 4.50. The summed E-state index contributed by atoms with van der Waals surface area (Å²) < 4.78 is 5.89. The number of nitrogens with one attached hydrogen (secondary N) is 1. The van der Waals surface area contributed by atoms with Crippen molar-refractivity contribution in [2.45, 2.75) is 31.4 Å². The molecule has 24 heavy (non-hydrogen) atoms. The number of benzene rings is 2. The number of ether oxygens (including phenoxy) is 1. The number of nitrogens with zero attached hydrogens (tertiary/aromatic N) is 1. The van der Waals surface area contributed by atoms with Crippen molar-refractivity contribution in [1.29, 1.82) is 0 Å². The lowest BCUT2D eigenvalue weighted by molar-refractivity contribution is -0.121. The number of amides is 1. The zero-order valence-corrected chi connectivity index (χ0v) is 13.9. The third-order valence-electron chi connectivity index (χ3n) is 5.17. The largest absolute Gasteiger partial charge is 0.373 e. The monoisotopic (exact) mass is 324 g/mol. The Morgan fingerprint density at radius 1 is 1.21 bits per heavy atom. The first-order chi connectivity index (χ1) is 11.8. The summed E-state index contributed by atoms with van der Waals surface area (Å²) in [4.78, 5) is 14.7. The molecule has 2 atom stereocenters. The van der Waals surface area contributed by atoms with Gasteiger partial charge in [0.1, 0.15) is 0 Å². The van der Waals surface area contributed by atoms with E-state index in [9.17, 15) is 4.79 Å². The van der Waals surface area contributed by atoms with E-state index >= 15 is 0 Å². The number of hydrogen-bond donors (Lipinski definition) is 1. The van der Waals surface area contributed by atoms with Gasteiger partial charge in [0.25, 0.3) is 0 Å². The van der Waals surface area contributed by atoms with Crippen LogP contribution in [0.4, 0.5) is 0 Å². The second-order valence-corrected chi connectivity index (χ2v) is 6.91. The molecule has 0 radical (unpaired) electrons. The average molecular weight is 324 g/mol. The summed E-state index contributed by atoms with van der Waals surface area (Å²) in [5.41, 5.74) is 1.05. The van der Waals surface area contributed by atoms with Gasteiger partial charge in [-0.25, -0.2) is 0 Å². The molecule has 2 saturated heterocycles. The van der Waals surface area contributed by atoms with Crippen molar-refractivity contribution in [3.63, 3.8) is 0 Å². The van der Waals surface area contributed by atoms with Crippen molar-refractivity contribution >= 4 is 16.7 Å². The van der Waals surface area contributed by atoms with Gasteiger partial charge in [0.2, 0.25) is 5.91 Å². The third-order valence-corrected chi connectivity index (χ3v) is 5.17. The molecule has 4 heteroatoms. The molecule has 2 unspecified atom stereocenters. The summed E-state index contributed by atoms with van der Waals surface area (Å²) in [6.07, 6.45) is 3.07. The fourth-order valence-corrected chi connectivity index (χ4v) is 3.83. The van der Waals surface area contributed by atoms with Crippen molar-refractivity contribution in [3.8, 4) is 0 Å². The second-order valence-electron chi connectivity index (χ2n) is 6.91. The minimum absolute atomic E-state index is 0.0671. The Morgan fingerprint density at radius 3 is 3.00 bits per heavy atom. The van der Waals surface area contributed by atoms with Crippen molar-refractivity contribution in [1.82, 2.24) is 10.2 Å². The lowest BCUT2D eigenvalue weighted by atomic mass is 10.0. The van der Waals surface area contributed by atoms with Crippen LogP contribution in [0.25, 0.3) is 10.8 Å². The molecule has 2 aromatic carbocycles. The highest BCUT2D eigenvalue weighted by Gasteiger charge is 2.32. The van der Waals surface area contributed by atoms with Crippen molar-refractivity contribution < 1.29 is 9.53 Å². The van der Waals surface area contributed by atoms with Crippen LogP contribution in [0.1, 0.15) is 18.4 Å². The number of morpholine rings is 1. The van der Waals surface area contributed by atoms with E-state index in [4.69, 9.17) is 4.74 Å². The van der Waals surface area contributed by atoms with Crippen LogP contribution in [0.15, 0.2) is 42.5 Å². The standard InChI is InChI=1S/C20H24N2O2/c23-20(11-15-7-8-16-4-1-2-5-17(16)10-15)21-12-19-13-22-9-3-6-18(22)14-24-19/h1-2,4-5,7-8,10,18-19H,3,6,9,11-14H2,(H,21,23). The van der Waals surface area contributed by atoms with Crippen LogP contribution in [-0.4, -0.2) is 49.2 Å². The van der Waals surface area contributed by atoms with Crippen LogP contribution in [0.2, 0.25) is 0 Å². The first-order valence-electron chi connectivity index (χ1n) is 8.88. The van der Waals surface area contributed by atoms with Gasteiger partial charge in [-0.1, -0.05) is 42.5 Å². The molecule has 2 fully saturated rings.